The van der Waals surface area contributed by atoms with Gasteiger partial charge in [0, 0.05) is 66.1 Å². The quantitative estimate of drug-likeness (QED) is 0.167. The second kappa shape index (κ2) is 14.5. The van der Waals surface area contributed by atoms with E-state index in [1.54, 1.807) is 0 Å². The molecule has 5 nitrogen and oxygen atoms in total. The summed E-state index contributed by atoms with van der Waals surface area (Å²) in [5.74, 6) is 0.705. The lowest BCUT2D eigenvalue weighted by Crippen LogP contribution is -1.98. The van der Waals surface area contributed by atoms with Crippen LogP contribution in [0.25, 0.3) is 116 Å². The van der Waals surface area contributed by atoms with Gasteiger partial charge in [-0.3, -0.25) is 0 Å². The molecule has 0 bridgehead atoms. The van der Waals surface area contributed by atoms with Gasteiger partial charge in [-0.1, -0.05) is 132 Å². The summed E-state index contributed by atoms with van der Waals surface area (Å²) in [5.41, 5.74) is 17.8. The molecule has 0 saturated carbocycles. The van der Waals surface area contributed by atoms with Gasteiger partial charge in [0.1, 0.15) is 0 Å². The smallest absolute Gasteiger partial charge is 0.160 e. The molecule has 0 amide bonds. The highest BCUT2D eigenvalue weighted by Gasteiger charge is 2.20. The molecule has 13 rings (SSSR count). The average molecular weight is 832 g/mol. The Morgan fingerprint density at radius 2 is 0.646 bits per heavy atom. The molecule has 0 aliphatic carbocycles. The zero-order valence-corrected chi connectivity index (χ0v) is 35.9. The van der Waals surface area contributed by atoms with E-state index in [4.69, 9.17) is 9.97 Å². The van der Waals surface area contributed by atoms with Crippen molar-refractivity contribution in [3.05, 3.63) is 223 Å². The summed E-state index contributed by atoms with van der Waals surface area (Å²) >= 11 is 0. The van der Waals surface area contributed by atoms with E-state index in [9.17, 15) is 0 Å². The lowest BCUT2D eigenvalue weighted by Gasteiger charge is -2.12. The monoisotopic (exact) mass is 831 g/mol. The van der Waals surface area contributed by atoms with E-state index in [0.29, 0.717) is 5.82 Å². The fourth-order valence-corrected chi connectivity index (χ4v) is 10.1. The highest BCUT2D eigenvalue weighted by Crippen LogP contribution is 2.40. The Balaban J connectivity index is 1.02. The molecule has 5 heteroatoms. The Bertz CT molecular complexity index is 3770. The minimum Gasteiger partial charge on any atom is -0.309 e. The van der Waals surface area contributed by atoms with Crippen LogP contribution in [0.4, 0.5) is 0 Å². The van der Waals surface area contributed by atoms with Crippen LogP contribution in [0, 0.1) is 13.8 Å². The van der Waals surface area contributed by atoms with Crippen molar-refractivity contribution in [1.82, 2.24) is 23.7 Å². The third-order valence-corrected chi connectivity index (χ3v) is 13.2. The van der Waals surface area contributed by atoms with E-state index in [1.165, 1.54) is 65.5 Å². The van der Waals surface area contributed by atoms with E-state index in [0.717, 1.165) is 56.2 Å². The number of aromatic nitrogens is 5. The van der Waals surface area contributed by atoms with Crippen molar-refractivity contribution in [3.8, 4) is 51.0 Å². The van der Waals surface area contributed by atoms with Crippen molar-refractivity contribution in [2.45, 2.75) is 13.8 Å². The molecule has 0 aliphatic rings. The van der Waals surface area contributed by atoms with Crippen LogP contribution in [-0.2, 0) is 0 Å². The summed E-state index contributed by atoms with van der Waals surface area (Å²) in [6.45, 7) is 4.35. The summed E-state index contributed by atoms with van der Waals surface area (Å²) in [4.78, 5) is 10.2. The first-order chi connectivity index (χ1) is 32.0. The second-order valence-electron chi connectivity index (χ2n) is 17.2. The van der Waals surface area contributed by atoms with Gasteiger partial charge in [-0.05, 0) is 105 Å². The maximum Gasteiger partial charge on any atom is 0.160 e. The number of benzene rings is 9. The molecular formula is C60H41N5. The minimum atomic E-state index is 0.705. The van der Waals surface area contributed by atoms with Crippen molar-refractivity contribution in [1.29, 1.82) is 0 Å². The van der Waals surface area contributed by atoms with Gasteiger partial charge in [0.2, 0.25) is 0 Å². The van der Waals surface area contributed by atoms with Crippen molar-refractivity contribution < 1.29 is 0 Å². The first-order valence-electron chi connectivity index (χ1n) is 22.2. The molecule has 0 aliphatic heterocycles. The lowest BCUT2D eigenvalue weighted by molar-refractivity contribution is 1.16. The predicted octanol–water partition coefficient (Wildman–Crippen LogP) is 15.4. The maximum absolute atomic E-state index is 5.13. The highest BCUT2D eigenvalue weighted by atomic mass is 15.0. The SMILES string of the molecule is Cc1ccc2c(c1)c1ccccc1n2-c1ccc2c(c1)c1cc(-n3c4ccccc4c4cc(C)ccc43)ccc1n2-c1ccc(-c2cc(-c3ccccc3)nc(-c3ccccc3)n2)cc1. The Hall–Kier alpha value is -8.54. The lowest BCUT2D eigenvalue weighted by atomic mass is 10.1. The molecular weight excluding hydrogens is 791 g/mol. The van der Waals surface area contributed by atoms with Gasteiger partial charge in [0.25, 0.3) is 0 Å². The van der Waals surface area contributed by atoms with Crippen molar-refractivity contribution in [3.63, 3.8) is 0 Å². The number of fused-ring (bicyclic) bond motifs is 9. The molecule has 4 aromatic heterocycles. The van der Waals surface area contributed by atoms with Crippen LogP contribution in [0.3, 0.4) is 0 Å². The molecule has 4 heterocycles. The largest absolute Gasteiger partial charge is 0.309 e. The van der Waals surface area contributed by atoms with Crippen LogP contribution >= 0.6 is 0 Å². The molecule has 9 aromatic carbocycles. The van der Waals surface area contributed by atoms with Crippen molar-refractivity contribution in [2.75, 3.05) is 0 Å². The summed E-state index contributed by atoms with van der Waals surface area (Å²) in [7, 11) is 0. The third kappa shape index (κ3) is 5.93. The normalized spacial score (nSPS) is 11.8. The number of rotatable bonds is 6. The van der Waals surface area contributed by atoms with Gasteiger partial charge >= 0.3 is 0 Å². The number of para-hydroxylation sites is 2. The number of hydrogen-bond donors (Lipinski definition) is 0. The minimum absolute atomic E-state index is 0.705. The van der Waals surface area contributed by atoms with Gasteiger partial charge in [-0.2, -0.15) is 0 Å². The van der Waals surface area contributed by atoms with Crippen molar-refractivity contribution in [2.24, 2.45) is 0 Å². The van der Waals surface area contributed by atoms with Gasteiger partial charge in [0.15, 0.2) is 5.82 Å². The summed E-state index contributed by atoms with van der Waals surface area (Å²) < 4.78 is 7.27. The summed E-state index contributed by atoms with van der Waals surface area (Å²) in [6, 6.07) is 76.7. The van der Waals surface area contributed by atoms with E-state index in [2.05, 4.69) is 216 Å². The predicted molar refractivity (Wildman–Crippen MR) is 271 cm³/mol. The molecule has 0 fully saturated rings. The number of hydrogen-bond acceptors (Lipinski definition) is 2. The van der Waals surface area contributed by atoms with Crippen LogP contribution < -0.4 is 0 Å². The van der Waals surface area contributed by atoms with E-state index >= 15 is 0 Å². The molecule has 0 spiro atoms. The van der Waals surface area contributed by atoms with Crippen LogP contribution in [0.5, 0.6) is 0 Å². The van der Waals surface area contributed by atoms with Crippen LogP contribution in [0.15, 0.2) is 212 Å². The molecule has 0 radical (unpaired) electrons. The molecule has 13 aromatic rings. The second-order valence-corrected chi connectivity index (χ2v) is 17.2. The molecule has 65 heavy (non-hydrogen) atoms. The number of aryl methyl sites for hydroxylation is 2. The summed E-state index contributed by atoms with van der Waals surface area (Å²) in [5, 5.41) is 7.43. The van der Waals surface area contributed by atoms with E-state index < -0.39 is 0 Å². The Kier molecular flexibility index (Phi) is 8.27. The van der Waals surface area contributed by atoms with Gasteiger partial charge in [-0.15, -0.1) is 0 Å². The van der Waals surface area contributed by atoms with E-state index in [1.807, 2.05) is 24.3 Å². The fourth-order valence-electron chi connectivity index (χ4n) is 10.1. The Morgan fingerprint density at radius 3 is 1.15 bits per heavy atom. The maximum atomic E-state index is 5.13. The topological polar surface area (TPSA) is 40.6 Å². The summed E-state index contributed by atoms with van der Waals surface area (Å²) in [6.07, 6.45) is 0. The Labute approximate surface area is 375 Å². The molecule has 0 N–H and O–H groups in total. The number of nitrogens with zero attached hydrogens (tertiary/aromatic N) is 5. The zero-order valence-electron chi connectivity index (χ0n) is 35.9. The van der Waals surface area contributed by atoms with Crippen LogP contribution in [-0.4, -0.2) is 23.7 Å². The van der Waals surface area contributed by atoms with Crippen LogP contribution in [0.1, 0.15) is 11.1 Å². The third-order valence-electron chi connectivity index (χ3n) is 13.2. The first-order valence-corrected chi connectivity index (χ1v) is 22.2. The highest BCUT2D eigenvalue weighted by molar-refractivity contribution is 6.14. The van der Waals surface area contributed by atoms with Gasteiger partial charge < -0.3 is 13.7 Å². The zero-order chi connectivity index (χ0) is 43.2. The van der Waals surface area contributed by atoms with Crippen LogP contribution in [0.2, 0.25) is 0 Å². The first kappa shape index (κ1) is 37.1. The molecule has 0 unspecified atom stereocenters. The average Bonchev–Trinajstić information content (AvgIpc) is 3.99. The van der Waals surface area contributed by atoms with Crippen molar-refractivity contribution >= 4 is 65.4 Å². The Morgan fingerprint density at radius 1 is 0.277 bits per heavy atom. The standard InChI is InChI=1S/C60H41N5/c1-38-21-29-56-48(33-38)46-17-9-11-19-54(46)64(56)44-27-31-58-50(35-44)51-36-45(65-55-20-12-10-18-47(55)49-34-39(2)22-30-57(49)65)28-32-59(51)63(58)43-25-23-41(24-26-43)53-37-52(40-13-5-3-6-14-40)61-60(62-53)42-15-7-4-8-16-42/h3-37H,1-2H3. The fraction of sp³-hybridized carbons (Fsp3) is 0.0333. The molecule has 0 atom stereocenters. The molecule has 306 valence electrons. The van der Waals surface area contributed by atoms with Gasteiger partial charge in [0.05, 0.1) is 44.5 Å². The van der Waals surface area contributed by atoms with Gasteiger partial charge in [-0.25, -0.2) is 9.97 Å². The molecule has 0 saturated heterocycles. The van der Waals surface area contributed by atoms with E-state index in [-0.39, 0.29) is 0 Å².